The molecule has 2 N–H and O–H groups in total. The van der Waals surface area contributed by atoms with Gasteiger partial charge in [0.1, 0.15) is 18.7 Å². The summed E-state index contributed by atoms with van der Waals surface area (Å²) in [7, 11) is 1.88. The SMILES string of the molecule is CCNC(=NCc1ncnn1C)NC(C)CCC(C)(C)C.I. The van der Waals surface area contributed by atoms with Crippen LogP contribution in [-0.2, 0) is 13.6 Å². The van der Waals surface area contributed by atoms with Crippen molar-refractivity contribution < 1.29 is 0 Å². The lowest BCUT2D eigenvalue weighted by molar-refractivity contribution is 0.346. The van der Waals surface area contributed by atoms with Crippen LogP contribution in [0.5, 0.6) is 0 Å². The molecule has 0 bridgehead atoms. The van der Waals surface area contributed by atoms with E-state index in [0.29, 0.717) is 18.0 Å². The fraction of sp³-hybridized carbons (Fsp3) is 0.800. The number of hydrogen-bond donors (Lipinski definition) is 2. The van der Waals surface area contributed by atoms with Gasteiger partial charge in [0, 0.05) is 19.6 Å². The van der Waals surface area contributed by atoms with Crippen molar-refractivity contribution in [2.45, 2.75) is 60.0 Å². The fourth-order valence-electron chi connectivity index (χ4n) is 1.89. The third-order valence-electron chi connectivity index (χ3n) is 3.24. The van der Waals surface area contributed by atoms with Crippen LogP contribution in [0.25, 0.3) is 0 Å². The van der Waals surface area contributed by atoms with Crippen molar-refractivity contribution in [1.82, 2.24) is 25.4 Å². The molecule has 1 unspecified atom stereocenters. The van der Waals surface area contributed by atoms with E-state index < -0.39 is 0 Å². The van der Waals surface area contributed by atoms with Crippen LogP contribution >= 0.6 is 24.0 Å². The monoisotopic (exact) mass is 422 g/mol. The number of aliphatic imine (C=N–C) groups is 1. The molecule has 1 aromatic heterocycles. The molecule has 0 aliphatic rings. The molecule has 0 amide bonds. The summed E-state index contributed by atoms with van der Waals surface area (Å²) >= 11 is 0. The number of nitrogens with zero attached hydrogens (tertiary/aromatic N) is 4. The Morgan fingerprint density at radius 1 is 1.41 bits per heavy atom. The average molecular weight is 422 g/mol. The van der Waals surface area contributed by atoms with Gasteiger partial charge in [0.15, 0.2) is 5.96 Å². The van der Waals surface area contributed by atoms with Gasteiger partial charge in [-0.1, -0.05) is 20.8 Å². The number of aryl methyl sites for hydroxylation is 1. The summed E-state index contributed by atoms with van der Waals surface area (Å²) in [5.41, 5.74) is 0.365. The molecule has 1 heterocycles. The van der Waals surface area contributed by atoms with E-state index in [0.717, 1.165) is 24.7 Å². The van der Waals surface area contributed by atoms with Gasteiger partial charge >= 0.3 is 0 Å². The van der Waals surface area contributed by atoms with Crippen LogP contribution in [0.15, 0.2) is 11.3 Å². The topological polar surface area (TPSA) is 67.1 Å². The zero-order chi connectivity index (χ0) is 15.9. The molecule has 0 spiro atoms. The second-order valence-corrected chi connectivity index (χ2v) is 6.64. The highest BCUT2D eigenvalue weighted by Crippen LogP contribution is 2.21. The highest BCUT2D eigenvalue weighted by atomic mass is 127. The van der Waals surface area contributed by atoms with Crippen molar-refractivity contribution in [2.75, 3.05) is 6.54 Å². The average Bonchev–Trinajstić information content (AvgIpc) is 2.79. The van der Waals surface area contributed by atoms with Crippen molar-refractivity contribution in [2.24, 2.45) is 17.5 Å². The molecule has 0 aromatic carbocycles. The molecule has 0 saturated carbocycles. The number of halogens is 1. The molecule has 1 aromatic rings. The van der Waals surface area contributed by atoms with Crippen LogP contribution in [0.2, 0.25) is 0 Å². The minimum atomic E-state index is 0. The molecular formula is C15H31IN6. The van der Waals surface area contributed by atoms with Crippen LogP contribution in [0.3, 0.4) is 0 Å². The molecule has 7 heteroatoms. The molecule has 1 atom stereocenters. The van der Waals surface area contributed by atoms with Gasteiger partial charge in [0.05, 0.1) is 0 Å². The second-order valence-electron chi connectivity index (χ2n) is 6.64. The molecule has 1 rings (SSSR count). The minimum absolute atomic E-state index is 0. The van der Waals surface area contributed by atoms with E-state index in [-0.39, 0.29) is 24.0 Å². The summed E-state index contributed by atoms with van der Waals surface area (Å²) in [4.78, 5) is 8.76. The second kappa shape index (κ2) is 10.0. The summed E-state index contributed by atoms with van der Waals surface area (Å²) in [5, 5.41) is 10.8. The molecule has 0 aliphatic heterocycles. The van der Waals surface area contributed by atoms with Gasteiger partial charge in [-0.25, -0.2) is 9.98 Å². The molecule has 6 nitrogen and oxygen atoms in total. The Kier molecular flexibility index (Phi) is 9.63. The quantitative estimate of drug-likeness (QED) is 0.420. The van der Waals surface area contributed by atoms with Crippen LogP contribution in [-0.4, -0.2) is 33.3 Å². The summed E-state index contributed by atoms with van der Waals surface area (Å²) in [6.07, 6.45) is 3.86. The fourth-order valence-corrected chi connectivity index (χ4v) is 1.89. The molecule has 0 saturated heterocycles. The van der Waals surface area contributed by atoms with E-state index in [4.69, 9.17) is 0 Å². The van der Waals surface area contributed by atoms with Crippen molar-refractivity contribution in [3.63, 3.8) is 0 Å². The van der Waals surface area contributed by atoms with Crippen LogP contribution in [0.4, 0.5) is 0 Å². The zero-order valence-electron chi connectivity index (χ0n) is 14.7. The van der Waals surface area contributed by atoms with Gasteiger partial charge in [-0.3, -0.25) is 4.68 Å². The van der Waals surface area contributed by atoms with Gasteiger partial charge < -0.3 is 10.6 Å². The van der Waals surface area contributed by atoms with E-state index in [2.05, 4.69) is 60.3 Å². The van der Waals surface area contributed by atoms with Crippen molar-refractivity contribution in [3.05, 3.63) is 12.2 Å². The van der Waals surface area contributed by atoms with Crippen molar-refractivity contribution in [3.8, 4) is 0 Å². The molecule has 0 fully saturated rings. The Morgan fingerprint density at radius 3 is 2.59 bits per heavy atom. The standard InChI is InChI=1S/C15H30N6.HI/c1-7-16-14(17-10-13-18-11-19-21(13)6)20-12(2)8-9-15(3,4)5;/h11-12H,7-10H2,1-6H3,(H2,16,17,20);1H. The maximum atomic E-state index is 4.57. The van der Waals surface area contributed by atoms with Crippen LogP contribution in [0, 0.1) is 5.41 Å². The van der Waals surface area contributed by atoms with E-state index >= 15 is 0 Å². The van der Waals surface area contributed by atoms with Gasteiger partial charge in [0.25, 0.3) is 0 Å². The maximum absolute atomic E-state index is 4.57. The predicted molar refractivity (Wildman–Crippen MR) is 103 cm³/mol. The van der Waals surface area contributed by atoms with E-state index in [1.165, 1.54) is 6.42 Å². The third-order valence-corrected chi connectivity index (χ3v) is 3.24. The van der Waals surface area contributed by atoms with E-state index in [1.807, 2.05) is 7.05 Å². The molecule has 0 radical (unpaired) electrons. The number of rotatable bonds is 6. The van der Waals surface area contributed by atoms with Gasteiger partial charge in [0.2, 0.25) is 0 Å². The zero-order valence-corrected chi connectivity index (χ0v) is 17.0. The molecule has 128 valence electrons. The Hall–Kier alpha value is -0.860. The highest BCUT2D eigenvalue weighted by Gasteiger charge is 2.13. The Bertz CT molecular complexity index is 449. The largest absolute Gasteiger partial charge is 0.357 e. The summed E-state index contributed by atoms with van der Waals surface area (Å²) in [6.45, 7) is 12.4. The predicted octanol–water partition coefficient (Wildman–Crippen LogP) is 2.70. The Morgan fingerprint density at radius 2 is 2.09 bits per heavy atom. The molecule has 0 aliphatic carbocycles. The van der Waals surface area contributed by atoms with E-state index in [9.17, 15) is 0 Å². The summed E-state index contributed by atoms with van der Waals surface area (Å²) in [6, 6.07) is 0.390. The summed E-state index contributed by atoms with van der Waals surface area (Å²) in [5.74, 6) is 1.69. The van der Waals surface area contributed by atoms with Gasteiger partial charge in [-0.15, -0.1) is 24.0 Å². The number of nitrogens with one attached hydrogen (secondary N) is 2. The smallest absolute Gasteiger partial charge is 0.191 e. The van der Waals surface area contributed by atoms with Gasteiger partial charge in [-0.05, 0) is 32.1 Å². The lowest BCUT2D eigenvalue weighted by Crippen LogP contribution is -2.42. The lowest BCUT2D eigenvalue weighted by Gasteiger charge is -2.23. The first-order valence-corrected chi connectivity index (χ1v) is 7.69. The van der Waals surface area contributed by atoms with Crippen molar-refractivity contribution in [1.29, 1.82) is 0 Å². The van der Waals surface area contributed by atoms with Crippen molar-refractivity contribution >= 4 is 29.9 Å². The summed E-state index contributed by atoms with van der Waals surface area (Å²) < 4.78 is 1.75. The first-order chi connectivity index (χ1) is 9.81. The number of guanidine groups is 1. The normalized spacial score (nSPS) is 13.5. The Labute approximate surface area is 151 Å². The number of aromatic nitrogens is 3. The lowest BCUT2D eigenvalue weighted by atomic mass is 9.89. The van der Waals surface area contributed by atoms with Gasteiger partial charge in [-0.2, -0.15) is 5.10 Å². The molecular weight excluding hydrogens is 391 g/mol. The third kappa shape index (κ3) is 8.55. The Balaban J connectivity index is 0.00000441. The molecule has 22 heavy (non-hydrogen) atoms. The minimum Gasteiger partial charge on any atom is -0.357 e. The maximum Gasteiger partial charge on any atom is 0.191 e. The first kappa shape index (κ1) is 21.1. The van der Waals surface area contributed by atoms with Crippen LogP contribution < -0.4 is 10.6 Å². The van der Waals surface area contributed by atoms with Crippen LogP contribution in [0.1, 0.15) is 53.3 Å². The first-order valence-electron chi connectivity index (χ1n) is 7.69. The highest BCUT2D eigenvalue weighted by molar-refractivity contribution is 14.0. The van der Waals surface area contributed by atoms with E-state index in [1.54, 1.807) is 11.0 Å². The number of hydrogen-bond acceptors (Lipinski definition) is 3.